The molecule has 3 rings (SSSR count). The van der Waals surface area contributed by atoms with Crippen molar-refractivity contribution in [3.63, 3.8) is 0 Å². The Hall–Kier alpha value is -1.34. The minimum Gasteiger partial charge on any atom is -0.103 e. The number of aromatic nitrogens is 2. The highest BCUT2D eigenvalue weighted by molar-refractivity contribution is 7.12. The van der Waals surface area contributed by atoms with Crippen LogP contribution in [0.2, 0.25) is 10.0 Å². The molecule has 2 nitrogen and oxygen atoms in total. The highest BCUT2D eigenvalue weighted by Crippen LogP contribution is 2.12. The molecule has 0 aliphatic rings. The van der Waals surface area contributed by atoms with Crippen LogP contribution in [0.1, 0.15) is 0 Å². The second kappa shape index (κ2) is 5.34. The van der Waals surface area contributed by atoms with E-state index in [2.05, 4.69) is 21.1 Å². The first kappa shape index (κ1) is 12.7. The fraction of sp³-hybridized carbons (Fsp3) is 0. The first-order valence-electron chi connectivity index (χ1n) is 5.76. The van der Waals surface area contributed by atoms with Crippen molar-refractivity contribution < 1.29 is 8.66 Å². The third kappa shape index (κ3) is 2.82. The number of nitrogens with zero attached hydrogens (tertiary/aromatic N) is 2. The topological polar surface area (TPSA) is 7.76 Å². The van der Waals surface area contributed by atoms with Crippen molar-refractivity contribution in [2.45, 2.75) is 0 Å². The van der Waals surface area contributed by atoms with Gasteiger partial charge in [0.2, 0.25) is 23.8 Å². The summed E-state index contributed by atoms with van der Waals surface area (Å²) in [5.74, 6) is 0. The van der Waals surface area contributed by atoms with E-state index >= 15 is 0 Å². The van der Waals surface area contributed by atoms with Gasteiger partial charge in [-0.1, -0.05) is 23.2 Å². The highest BCUT2D eigenvalue weighted by atomic mass is 35.5. The zero-order chi connectivity index (χ0) is 13.2. The minimum atomic E-state index is 0.509. The summed E-state index contributed by atoms with van der Waals surface area (Å²) in [7, 11) is 0.509. The molecule has 0 bridgehead atoms. The van der Waals surface area contributed by atoms with Gasteiger partial charge in [0.15, 0.2) is 0 Å². The van der Waals surface area contributed by atoms with Crippen molar-refractivity contribution in [3.8, 4) is 11.4 Å². The van der Waals surface area contributed by atoms with Crippen LogP contribution in [0.25, 0.3) is 11.4 Å². The maximum atomic E-state index is 5.90. The number of benzene rings is 2. The Labute approximate surface area is 123 Å². The summed E-state index contributed by atoms with van der Waals surface area (Å²) in [5.41, 5.74) is 2.27. The van der Waals surface area contributed by atoms with E-state index in [9.17, 15) is 0 Å². The molecule has 0 radical (unpaired) electrons. The van der Waals surface area contributed by atoms with Gasteiger partial charge in [0.05, 0.1) is 0 Å². The number of hydrogen-bond acceptors (Lipinski definition) is 0. The lowest BCUT2D eigenvalue weighted by Gasteiger charge is -1.90. The van der Waals surface area contributed by atoms with E-state index in [1.165, 1.54) is 0 Å². The maximum absolute atomic E-state index is 5.90. The van der Waals surface area contributed by atoms with E-state index in [0.717, 1.165) is 21.4 Å². The molecule has 94 valence electrons. The summed E-state index contributed by atoms with van der Waals surface area (Å²) >= 11 is 11.8. The van der Waals surface area contributed by atoms with Gasteiger partial charge in [-0.3, -0.25) is 0 Å². The predicted octanol–water partition coefficient (Wildman–Crippen LogP) is 3.58. The summed E-state index contributed by atoms with van der Waals surface area (Å²) < 4.78 is 4.37. The first-order valence-corrected chi connectivity index (χ1v) is 7.42. The van der Waals surface area contributed by atoms with Crippen molar-refractivity contribution in [2.75, 3.05) is 0 Å². The van der Waals surface area contributed by atoms with E-state index < -0.39 is 0 Å². The number of rotatable bonds is 2. The van der Waals surface area contributed by atoms with Crippen molar-refractivity contribution >= 4 is 31.7 Å². The van der Waals surface area contributed by atoms with Crippen molar-refractivity contribution in [1.82, 2.24) is 0 Å². The van der Waals surface area contributed by atoms with E-state index in [0.29, 0.717) is 8.51 Å². The highest BCUT2D eigenvalue weighted by Gasteiger charge is 2.16. The normalized spacial score (nSPS) is 10.6. The lowest BCUT2D eigenvalue weighted by Crippen LogP contribution is -2.27. The Morgan fingerprint density at radius 3 is 1.37 bits per heavy atom. The average Bonchev–Trinajstić information content (AvgIpc) is 2.90. The monoisotopic (exact) mass is 308 g/mol. The second-order valence-corrected chi connectivity index (χ2v) is 6.13. The van der Waals surface area contributed by atoms with Gasteiger partial charge >= 0.3 is 8.51 Å². The van der Waals surface area contributed by atoms with E-state index in [1.54, 1.807) is 0 Å². The standard InChI is InChI=1S/C14H11Cl2N2P/c15-11-1-5-13(6-2-11)17-9-10-18(19-17)14-7-3-12(16)4-8-14/h1-10,19H/q+2. The Bertz CT molecular complexity index is 630. The molecule has 0 unspecified atom stereocenters. The molecule has 2 aromatic carbocycles. The SMILES string of the molecule is Clc1ccc(-[n+]2cc[n+](-c3ccc(Cl)cc3)[pH]2)cc1. The Kier molecular flexibility index (Phi) is 3.56. The van der Waals surface area contributed by atoms with Gasteiger partial charge in [-0.05, 0) is 24.3 Å². The van der Waals surface area contributed by atoms with Crippen LogP contribution < -0.4 is 8.66 Å². The van der Waals surface area contributed by atoms with Crippen LogP contribution in [0.15, 0.2) is 60.9 Å². The van der Waals surface area contributed by atoms with Crippen molar-refractivity contribution in [2.24, 2.45) is 0 Å². The Morgan fingerprint density at radius 2 is 1.00 bits per heavy atom. The van der Waals surface area contributed by atoms with Gasteiger partial charge in [-0.25, -0.2) is 0 Å². The van der Waals surface area contributed by atoms with Crippen LogP contribution in [-0.4, -0.2) is 0 Å². The van der Waals surface area contributed by atoms with Crippen LogP contribution in [-0.2, 0) is 0 Å². The molecule has 1 aromatic heterocycles. The van der Waals surface area contributed by atoms with Crippen molar-refractivity contribution in [3.05, 3.63) is 71.0 Å². The molecule has 0 saturated carbocycles. The number of hydrogen-bond donors (Lipinski definition) is 0. The van der Waals surface area contributed by atoms with Gasteiger partial charge in [-0.15, -0.1) is 8.66 Å². The summed E-state index contributed by atoms with van der Waals surface area (Å²) in [5, 5.41) is 1.51. The molecule has 0 aliphatic heterocycles. The maximum Gasteiger partial charge on any atom is 0.399 e. The second-order valence-electron chi connectivity index (χ2n) is 4.09. The average molecular weight is 309 g/mol. The van der Waals surface area contributed by atoms with Gasteiger partial charge < -0.3 is 0 Å². The van der Waals surface area contributed by atoms with Crippen LogP contribution >= 0.6 is 31.7 Å². The van der Waals surface area contributed by atoms with Crippen LogP contribution in [0.3, 0.4) is 0 Å². The molecule has 0 atom stereocenters. The molecule has 0 saturated heterocycles. The molecule has 0 spiro atoms. The van der Waals surface area contributed by atoms with Crippen LogP contribution in [0.4, 0.5) is 0 Å². The molecular formula is C14H11Cl2N2P+2. The van der Waals surface area contributed by atoms with E-state index in [1.807, 2.05) is 48.5 Å². The van der Waals surface area contributed by atoms with Gasteiger partial charge in [0.1, 0.15) is 0 Å². The lowest BCUT2D eigenvalue weighted by atomic mass is 10.3. The smallest absolute Gasteiger partial charge is 0.103 e. The fourth-order valence-corrected chi connectivity index (χ4v) is 3.09. The largest absolute Gasteiger partial charge is 0.399 e. The zero-order valence-electron chi connectivity index (χ0n) is 9.92. The third-order valence-corrected chi connectivity index (χ3v) is 4.54. The van der Waals surface area contributed by atoms with Crippen LogP contribution in [0, 0.1) is 0 Å². The third-order valence-electron chi connectivity index (χ3n) is 2.79. The van der Waals surface area contributed by atoms with Crippen LogP contribution in [0.5, 0.6) is 0 Å². The lowest BCUT2D eigenvalue weighted by molar-refractivity contribution is -0.562. The molecule has 1 heterocycles. The molecule has 3 aromatic rings. The minimum absolute atomic E-state index is 0.509. The van der Waals surface area contributed by atoms with Gasteiger partial charge in [-0.2, -0.15) is 0 Å². The molecule has 5 heteroatoms. The fourth-order valence-electron chi connectivity index (χ4n) is 1.81. The molecular weight excluding hydrogens is 298 g/mol. The number of halogens is 2. The summed E-state index contributed by atoms with van der Waals surface area (Å²) in [6.45, 7) is 0. The molecule has 19 heavy (non-hydrogen) atoms. The zero-order valence-corrected chi connectivity index (χ0v) is 12.4. The van der Waals surface area contributed by atoms with E-state index in [-0.39, 0.29) is 0 Å². The Balaban J connectivity index is 1.95. The van der Waals surface area contributed by atoms with Crippen molar-refractivity contribution in [1.29, 1.82) is 0 Å². The summed E-state index contributed by atoms with van der Waals surface area (Å²) in [6, 6.07) is 15.7. The molecule has 0 aliphatic carbocycles. The van der Waals surface area contributed by atoms with E-state index in [4.69, 9.17) is 23.2 Å². The molecule has 0 N–H and O–H groups in total. The van der Waals surface area contributed by atoms with Gasteiger partial charge in [0.25, 0.3) is 0 Å². The quantitative estimate of drug-likeness (QED) is 0.683. The molecule has 0 fully saturated rings. The first-order chi connectivity index (χ1) is 9.22. The Morgan fingerprint density at radius 1 is 0.632 bits per heavy atom. The molecule has 0 amide bonds. The van der Waals surface area contributed by atoms with Gasteiger partial charge in [0, 0.05) is 34.3 Å². The summed E-state index contributed by atoms with van der Waals surface area (Å²) in [6.07, 6.45) is 4.13. The predicted molar refractivity (Wildman–Crippen MR) is 79.0 cm³/mol. The summed E-state index contributed by atoms with van der Waals surface area (Å²) in [4.78, 5) is 0.